The Kier molecular flexibility index (Phi) is 3.09. The quantitative estimate of drug-likeness (QED) is 0.712. The van der Waals surface area contributed by atoms with Gasteiger partial charge in [-0.15, -0.1) is 0 Å². The monoisotopic (exact) mass is 191 g/mol. The van der Waals surface area contributed by atoms with Crippen molar-refractivity contribution in [3.63, 3.8) is 0 Å². The van der Waals surface area contributed by atoms with Crippen LogP contribution in [0.15, 0.2) is 18.6 Å². The van der Waals surface area contributed by atoms with Crippen molar-refractivity contribution in [2.75, 3.05) is 13.1 Å². The third-order valence-electron chi connectivity index (χ3n) is 2.88. The molecule has 0 saturated carbocycles. The van der Waals surface area contributed by atoms with Gasteiger partial charge in [0.2, 0.25) is 0 Å². The summed E-state index contributed by atoms with van der Waals surface area (Å²) in [4.78, 5) is 10.8. The van der Waals surface area contributed by atoms with Gasteiger partial charge >= 0.3 is 0 Å². The normalized spacial score (nSPS) is 19.8. The van der Waals surface area contributed by atoms with Gasteiger partial charge in [-0.2, -0.15) is 0 Å². The fraction of sp³-hybridized carbons (Fsp3) is 0.636. The standard InChI is InChI=1S/C11H17N3/c1-10-2-6-14(7-3-10)9-11-8-12-4-5-13-11/h4-5,8,10H,2-3,6-7,9H2,1H3. The van der Waals surface area contributed by atoms with Crippen molar-refractivity contribution in [3.8, 4) is 0 Å². The minimum Gasteiger partial charge on any atom is -0.297 e. The van der Waals surface area contributed by atoms with Gasteiger partial charge in [-0.25, -0.2) is 0 Å². The third kappa shape index (κ3) is 2.51. The molecule has 1 aliphatic heterocycles. The molecule has 0 bridgehead atoms. The SMILES string of the molecule is CC1CCN(Cc2cnccn2)CC1. The van der Waals surface area contributed by atoms with Crippen LogP contribution in [0, 0.1) is 5.92 Å². The van der Waals surface area contributed by atoms with Gasteiger partial charge < -0.3 is 0 Å². The molecule has 1 fully saturated rings. The number of hydrogen-bond acceptors (Lipinski definition) is 3. The summed E-state index contributed by atoms with van der Waals surface area (Å²) in [7, 11) is 0. The minimum atomic E-state index is 0.896. The van der Waals surface area contributed by atoms with Crippen LogP contribution in [0.2, 0.25) is 0 Å². The van der Waals surface area contributed by atoms with Gasteiger partial charge in [-0.05, 0) is 31.8 Å². The Morgan fingerprint density at radius 1 is 1.36 bits per heavy atom. The molecule has 1 aromatic rings. The molecule has 3 nitrogen and oxygen atoms in total. The molecule has 0 amide bonds. The topological polar surface area (TPSA) is 29.0 Å². The summed E-state index contributed by atoms with van der Waals surface area (Å²) < 4.78 is 0. The molecular formula is C11H17N3. The van der Waals surface area contributed by atoms with Crippen LogP contribution in [-0.2, 0) is 6.54 Å². The highest BCUT2D eigenvalue weighted by Gasteiger charge is 2.15. The number of nitrogens with zero attached hydrogens (tertiary/aromatic N) is 3. The van der Waals surface area contributed by atoms with Crippen LogP contribution >= 0.6 is 0 Å². The summed E-state index contributed by atoms with van der Waals surface area (Å²) in [6.07, 6.45) is 7.99. The molecule has 1 aliphatic rings. The highest BCUT2D eigenvalue weighted by molar-refractivity contribution is 4.94. The molecule has 2 heterocycles. The van der Waals surface area contributed by atoms with Gasteiger partial charge in [0.15, 0.2) is 0 Å². The van der Waals surface area contributed by atoms with Gasteiger partial charge in [-0.3, -0.25) is 14.9 Å². The zero-order valence-electron chi connectivity index (χ0n) is 8.69. The lowest BCUT2D eigenvalue weighted by Crippen LogP contribution is -2.32. The molecule has 0 aromatic carbocycles. The minimum absolute atomic E-state index is 0.896. The average molecular weight is 191 g/mol. The second-order valence-corrected chi connectivity index (χ2v) is 4.16. The summed E-state index contributed by atoms with van der Waals surface area (Å²) in [6, 6.07) is 0. The van der Waals surface area contributed by atoms with Crippen molar-refractivity contribution < 1.29 is 0 Å². The van der Waals surface area contributed by atoms with Gasteiger partial charge in [-0.1, -0.05) is 6.92 Å². The Balaban J connectivity index is 1.87. The molecule has 1 saturated heterocycles. The van der Waals surface area contributed by atoms with E-state index in [4.69, 9.17) is 0 Å². The maximum absolute atomic E-state index is 4.29. The number of rotatable bonds is 2. The first-order valence-corrected chi connectivity index (χ1v) is 5.32. The molecule has 0 atom stereocenters. The first kappa shape index (κ1) is 9.59. The zero-order valence-corrected chi connectivity index (χ0v) is 8.69. The molecule has 3 heteroatoms. The maximum Gasteiger partial charge on any atom is 0.0726 e. The zero-order chi connectivity index (χ0) is 9.80. The fourth-order valence-corrected chi connectivity index (χ4v) is 1.86. The van der Waals surface area contributed by atoms with E-state index in [1.54, 1.807) is 12.4 Å². The lowest BCUT2D eigenvalue weighted by molar-refractivity contribution is 0.183. The molecule has 0 unspecified atom stereocenters. The van der Waals surface area contributed by atoms with Crippen LogP contribution in [0.1, 0.15) is 25.5 Å². The molecule has 0 aliphatic carbocycles. The Morgan fingerprint density at radius 3 is 2.79 bits per heavy atom. The molecule has 0 spiro atoms. The van der Waals surface area contributed by atoms with E-state index < -0.39 is 0 Å². The Labute approximate surface area is 85.2 Å². The Hall–Kier alpha value is -0.960. The summed E-state index contributed by atoms with van der Waals surface area (Å²) in [6.45, 7) is 5.70. The molecule has 1 aromatic heterocycles. The summed E-state index contributed by atoms with van der Waals surface area (Å²) in [5.74, 6) is 0.896. The second kappa shape index (κ2) is 4.51. The van der Waals surface area contributed by atoms with Crippen LogP contribution in [0.4, 0.5) is 0 Å². The molecule has 14 heavy (non-hydrogen) atoms. The van der Waals surface area contributed by atoms with Crippen molar-refractivity contribution in [1.82, 2.24) is 14.9 Å². The van der Waals surface area contributed by atoms with Gasteiger partial charge in [0.05, 0.1) is 5.69 Å². The number of hydrogen-bond donors (Lipinski definition) is 0. The van der Waals surface area contributed by atoms with Gasteiger partial charge in [0.25, 0.3) is 0 Å². The summed E-state index contributed by atoms with van der Waals surface area (Å²) in [5.41, 5.74) is 1.09. The maximum atomic E-state index is 4.29. The largest absolute Gasteiger partial charge is 0.297 e. The molecular weight excluding hydrogens is 174 g/mol. The van der Waals surface area contributed by atoms with E-state index in [9.17, 15) is 0 Å². The van der Waals surface area contributed by atoms with E-state index in [0.717, 1.165) is 18.2 Å². The van der Waals surface area contributed by atoms with E-state index in [2.05, 4.69) is 21.8 Å². The third-order valence-corrected chi connectivity index (χ3v) is 2.88. The highest BCUT2D eigenvalue weighted by atomic mass is 15.1. The van der Waals surface area contributed by atoms with Crippen LogP contribution in [0.25, 0.3) is 0 Å². The van der Waals surface area contributed by atoms with Crippen molar-refractivity contribution >= 4 is 0 Å². The van der Waals surface area contributed by atoms with E-state index >= 15 is 0 Å². The highest BCUT2D eigenvalue weighted by Crippen LogP contribution is 2.16. The van der Waals surface area contributed by atoms with Crippen molar-refractivity contribution in [3.05, 3.63) is 24.3 Å². The lowest BCUT2D eigenvalue weighted by atomic mass is 9.99. The Morgan fingerprint density at radius 2 is 2.14 bits per heavy atom. The van der Waals surface area contributed by atoms with Gasteiger partial charge in [0, 0.05) is 25.1 Å². The first-order chi connectivity index (χ1) is 6.84. The Bertz CT molecular complexity index is 265. The predicted octanol–water partition coefficient (Wildman–Crippen LogP) is 1.71. The molecule has 0 radical (unpaired) electrons. The van der Waals surface area contributed by atoms with Crippen molar-refractivity contribution in [1.29, 1.82) is 0 Å². The van der Waals surface area contributed by atoms with E-state index in [-0.39, 0.29) is 0 Å². The van der Waals surface area contributed by atoms with Crippen molar-refractivity contribution in [2.45, 2.75) is 26.3 Å². The van der Waals surface area contributed by atoms with E-state index in [1.807, 2.05) is 6.20 Å². The van der Waals surface area contributed by atoms with Crippen LogP contribution < -0.4 is 0 Å². The number of likely N-dealkylation sites (tertiary alicyclic amines) is 1. The molecule has 2 rings (SSSR count). The van der Waals surface area contributed by atoms with Crippen molar-refractivity contribution in [2.24, 2.45) is 5.92 Å². The smallest absolute Gasteiger partial charge is 0.0726 e. The van der Waals surface area contributed by atoms with E-state index in [1.165, 1.54) is 25.9 Å². The van der Waals surface area contributed by atoms with Crippen LogP contribution in [0.3, 0.4) is 0 Å². The lowest BCUT2D eigenvalue weighted by Gasteiger charge is -2.29. The van der Waals surface area contributed by atoms with E-state index in [0.29, 0.717) is 0 Å². The fourth-order valence-electron chi connectivity index (χ4n) is 1.86. The molecule has 0 N–H and O–H groups in total. The predicted molar refractivity (Wildman–Crippen MR) is 55.7 cm³/mol. The number of piperidine rings is 1. The second-order valence-electron chi connectivity index (χ2n) is 4.16. The first-order valence-electron chi connectivity index (χ1n) is 5.32. The van der Waals surface area contributed by atoms with Crippen LogP contribution in [0.5, 0.6) is 0 Å². The summed E-state index contributed by atoms with van der Waals surface area (Å²) >= 11 is 0. The van der Waals surface area contributed by atoms with Crippen LogP contribution in [-0.4, -0.2) is 28.0 Å². The average Bonchev–Trinajstić information content (AvgIpc) is 2.23. The van der Waals surface area contributed by atoms with Gasteiger partial charge in [0.1, 0.15) is 0 Å². The summed E-state index contributed by atoms with van der Waals surface area (Å²) in [5, 5.41) is 0. The molecule has 76 valence electrons. The number of aromatic nitrogens is 2.